The van der Waals surface area contributed by atoms with E-state index >= 15 is 0 Å². The highest BCUT2D eigenvalue weighted by molar-refractivity contribution is 5.79. The molecule has 29 heavy (non-hydrogen) atoms. The number of benzene rings is 1. The maximum absolute atomic E-state index is 11.1. The summed E-state index contributed by atoms with van der Waals surface area (Å²) >= 11 is 0. The summed E-state index contributed by atoms with van der Waals surface area (Å²) in [5.41, 5.74) is 1.21. The first-order valence-corrected chi connectivity index (χ1v) is 10.6. The molecule has 1 aliphatic rings. The molecule has 0 radical (unpaired) electrons. The number of ether oxygens (including phenoxy) is 2. The first-order valence-electron chi connectivity index (χ1n) is 10.6. The van der Waals surface area contributed by atoms with Gasteiger partial charge in [-0.05, 0) is 44.8 Å². The van der Waals surface area contributed by atoms with E-state index in [1.807, 2.05) is 12.1 Å². The molecule has 162 valence electrons. The number of para-hydroxylation sites is 1. The van der Waals surface area contributed by atoms with Crippen LogP contribution in [-0.2, 0) is 9.53 Å². The van der Waals surface area contributed by atoms with Crippen LogP contribution in [0.25, 0.3) is 0 Å². The Hall–Kier alpha value is -2.28. The van der Waals surface area contributed by atoms with Gasteiger partial charge >= 0.3 is 5.97 Å². The molecule has 1 aliphatic heterocycles. The smallest absolute Gasteiger partial charge is 0.305 e. The number of esters is 1. The van der Waals surface area contributed by atoms with Crippen LogP contribution in [0.4, 0.5) is 0 Å². The molecule has 2 N–H and O–H groups in total. The molecule has 1 aromatic rings. The predicted octanol–water partition coefficient (Wildman–Crippen LogP) is 2.73. The van der Waals surface area contributed by atoms with Gasteiger partial charge in [0, 0.05) is 32.1 Å². The van der Waals surface area contributed by atoms with Crippen LogP contribution in [0.1, 0.15) is 50.1 Å². The summed E-state index contributed by atoms with van der Waals surface area (Å²) < 4.78 is 10.3. The van der Waals surface area contributed by atoms with Gasteiger partial charge in [-0.15, -0.1) is 0 Å². The van der Waals surface area contributed by atoms with Crippen LogP contribution >= 0.6 is 0 Å². The van der Waals surface area contributed by atoms with Crippen LogP contribution in [0.3, 0.4) is 0 Å². The Morgan fingerprint density at radius 3 is 2.59 bits per heavy atom. The normalized spacial score (nSPS) is 15.8. The van der Waals surface area contributed by atoms with Crippen LogP contribution in [0, 0.1) is 0 Å². The third-order valence-corrected chi connectivity index (χ3v) is 5.34. The van der Waals surface area contributed by atoms with Crippen molar-refractivity contribution >= 4 is 11.9 Å². The maximum Gasteiger partial charge on any atom is 0.305 e. The Morgan fingerprint density at radius 2 is 1.90 bits per heavy atom. The average Bonchev–Trinajstić information content (AvgIpc) is 3.29. The number of carbonyl (C=O) groups excluding carboxylic acids is 1. The highest BCUT2D eigenvalue weighted by Crippen LogP contribution is 2.31. The van der Waals surface area contributed by atoms with Gasteiger partial charge in [0.15, 0.2) is 5.96 Å². The molecule has 7 heteroatoms. The Kier molecular flexibility index (Phi) is 10.3. The van der Waals surface area contributed by atoms with Gasteiger partial charge in [-0.25, -0.2) is 0 Å². The van der Waals surface area contributed by atoms with Gasteiger partial charge in [-0.2, -0.15) is 0 Å². The fraction of sp³-hybridized carbons (Fsp3) is 0.636. The van der Waals surface area contributed by atoms with Gasteiger partial charge < -0.3 is 20.1 Å². The van der Waals surface area contributed by atoms with Gasteiger partial charge in [0.05, 0.1) is 20.3 Å². The van der Waals surface area contributed by atoms with E-state index in [1.165, 1.54) is 25.5 Å². The molecule has 1 unspecified atom stereocenters. The van der Waals surface area contributed by atoms with Crippen LogP contribution < -0.4 is 15.4 Å². The van der Waals surface area contributed by atoms with E-state index in [0.29, 0.717) is 6.42 Å². The first-order chi connectivity index (χ1) is 14.2. The summed E-state index contributed by atoms with van der Waals surface area (Å²) in [7, 11) is 4.95. The number of nitrogens with zero attached hydrogens (tertiary/aromatic N) is 2. The quantitative estimate of drug-likeness (QED) is 0.256. The minimum absolute atomic E-state index is 0.139. The monoisotopic (exact) mass is 404 g/mol. The van der Waals surface area contributed by atoms with E-state index in [4.69, 9.17) is 4.74 Å². The molecule has 1 saturated heterocycles. The Bertz CT molecular complexity index is 645. The number of guanidine groups is 1. The fourth-order valence-corrected chi connectivity index (χ4v) is 3.72. The minimum atomic E-state index is -0.139. The molecule has 7 nitrogen and oxygen atoms in total. The Morgan fingerprint density at radius 1 is 1.14 bits per heavy atom. The predicted molar refractivity (Wildman–Crippen MR) is 116 cm³/mol. The molecule has 0 amide bonds. The van der Waals surface area contributed by atoms with Crippen LogP contribution in [0.2, 0.25) is 0 Å². The van der Waals surface area contributed by atoms with Crippen LogP contribution in [0.15, 0.2) is 29.3 Å². The average molecular weight is 405 g/mol. The van der Waals surface area contributed by atoms with Crippen molar-refractivity contribution in [2.24, 2.45) is 4.99 Å². The molecule has 1 fully saturated rings. The van der Waals surface area contributed by atoms with Crippen LogP contribution in [0.5, 0.6) is 5.75 Å². The van der Waals surface area contributed by atoms with E-state index in [1.54, 1.807) is 14.2 Å². The van der Waals surface area contributed by atoms with Gasteiger partial charge in [0.25, 0.3) is 0 Å². The Balaban J connectivity index is 1.84. The highest BCUT2D eigenvalue weighted by atomic mass is 16.5. The zero-order valence-electron chi connectivity index (χ0n) is 18.1. The van der Waals surface area contributed by atoms with Gasteiger partial charge in [0.1, 0.15) is 5.75 Å². The number of aliphatic imine (C=N–C) groups is 1. The molecular formula is C22H36N4O3. The summed E-state index contributed by atoms with van der Waals surface area (Å²) in [5, 5.41) is 6.85. The zero-order valence-corrected chi connectivity index (χ0v) is 18.1. The molecule has 0 aliphatic carbocycles. The molecule has 2 rings (SSSR count). The minimum Gasteiger partial charge on any atom is -0.496 e. The highest BCUT2D eigenvalue weighted by Gasteiger charge is 2.25. The number of nitrogens with one attached hydrogen (secondary N) is 2. The van der Waals surface area contributed by atoms with Gasteiger partial charge in [0.2, 0.25) is 0 Å². The summed E-state index contributed by atoms with van der Waals surface area (Å²) in [6, 6.07) is 8.51. The molecule has 0 bridgehead atoms. The van der Waals surface area contributed by atoms with Crippen molar-refractivity contribution in [2.75, 3.05) is 47.4 Å². The van der Waals surface area contributed by atoms with Gasteiger partial charge in [-0.3, -0.25) is 14.7 Å². The van der Waals surface area contributed by atoms with Crippen molar-refractivity contribution in [1.29, 1.82) is 0 Å². The molecule has 1 heterocycles. The lowest BCUT2D eigenvalue weighted by Crippen LogP contribution is -2.43. The lowest BCUT2D eigenvalue weighted by Gasteiger charge is -2.30. The van der Waals surface area contributed by atoms with E-state index in [0.717, 1.165) is 57.2 Å². The third-order valence-electron chi connectivity index (χ3n) is 5.34. The van der Waals surface area contributed by atoms with E-state index in [9.17, 15) is 4.79 Å². The molecule has 0 spiro atoms. The van der Waals surface area contributed by atoms with Crippen molar-refractivity contribution in [2.45, 2.75) is 44.6 Å². The molecule has 1 aromatic carbocycles. The number of unbranched alkanes of at least 4 members (excludes halogenated alkanes) is 2. The topological polar surface area (TPSA) is 75.2 Å². The number of rotatable bonds is 11. The summed E-state index contributed by atoms with van der Waals surface area (Å²) in [5.74, 6) is 1.59. The van der Waals surface area contributed by atoms with Gasteiger partial charge in [-0.1, -0.05) is 24.6 Å². The van der Waals surface area contributed by atoms with Crippen molar-refractivity contribution in [1.82, 2.24) is 15.5 Å². The van der Waals surface area contributed by atoms with Crippen molar-refractivity contribution in [3.05, 3.63) is 29.8 Å². The molecule has 1 atom stereocenters. The number of hydrogen-bond donors (Lipinski definition) is 2. The summed E-state index contributed by atoms with van der Waals surface area (Å²) in [6.07, 6.45) is 5.79. The summed E-state index contributed by atoms with van der Waals surface area (Å²) in [4.78, 5) is 18.0. The number of carbonyl (C=O) groups is 1. The largest absolute Gasteiger partial charge is 0.496 e. The molecule has 0 aromatic heterocycles. The van der Waals surface area contributed by atoms with Crippen molar-refractivity contribution in [3.8, 4) is 5.75 Å². The van der Waals surface area contributed by atoms with Crippen LogP contribution in [-0.4, -0.2) is 64.3 Å². The Labute approximate surface area is 174 Å². The lowest BCUT2D eigenvalue weighted by molar-refractivity contribution is -0.140. The molecule has 0 saturated carbocycles. The maximum atomic E-state index is 11.1. The number of methoxy groups -OCH3 is 2. The number of hydrogen-bond acceptors (Lipinski definition) is 5. The second kappa shape index (κ2) is 13.0. The summed E-state index contributed by atoms with van der Waals surface area (Å²) in [6.45, 7) is 3.81. The van der Waals surface area contributed by atoms with Crippen molar-refractivity contribution < 1.29 is 14.3 Å². The fourth-order valence-electron chi connectivity index (χ4n) is 3.72. The van der Waals surface area contributed by atoms with E-state index in [-0.39, 0.29) is 12.0 Å². The second-order valence-electron chi connectivity index (χ2n) is 7.27. The third kappa shape index (κ3) is 7.57. The van der Waals surface area contributed by atoms with Crippen molar-refractivity contribution in [3.63, 3.8) is 0 Å². The SMILES string of the molecule is CN=C(NCCCCCC(=O)OC)NCC(c1ccccc1OC)N1CCCC1. The first kappa shape index (κ1) is 23.0. The van der Waals surface area contributed by atoms with E-state index in [2.05, 4.69) is 37.4 Å². The number of likely N-dealkylation sites (tertiary alicyclic amines) is 1. The standard InChI is InChI=1S/C22H36N4O3/c1-23-22(24-14-8-4-5-13-21(27)29-3)25-17-19(26-15-9-10-16-26)18-11-6-7-12-20(18)28-2/h6-7,11-12,19H,4-5,8-10,13-17H2,1-3H3,(H2,23,24,25). The second-order valence-corrected chi connectivity index (χ2v) is 7.27. The lowest BCUT2D eigenvalue weighted by atomic mass is 10.0. The molecular weight excluding hydrogens is 368 g/mol. The van der Waals surface area contributed by atoms with E-state index < -0.39 is 0 Å². The zero-order chi connectivity index (χ0) is 20.9.